The first-order valence-corrected chi connectivity index (χ1v) is 7.42. The molecule has 0 saturated carbocycles. The highest BCUT2D eigenvalue weighted by Crippen LogP contribution is 2.26. The molecular weight excluding hydrogens is 318 g/mol. The molecule has 0 aromatic heterocycles. The largest absolute Gasteiger partial charge is 0.381 e. The zero-order chi connectivity index (χ0) is 14.9. The van der Waals surface area contributed by atoms with Crippen LogP contribution in [0.25, 0.3) is 11.1 Å². The van der Waals surface area contributed by atoms with Gasteiger partial charge in [0.15, 0.2) is 0 Å². The minimum atomic E-state index is -0.406. The molecule has 0 fully saturated rings. The molecule has 20 heavy (non-hydrogen) atoms. The summed E-state index contributed by atoms with van der Waals surface area (Å²) in [4.78, 5) is 23.4. The van der Waals surface area contributed by atoms with Crippen molar-refractivity contribution in [3.8, 4) is 11.1 Å². The second-order valence-corrected chi connectivity index (χ2v) is 7.07. The average Bonchev–Trinajstić information content (AvgIpc) is 2.38. The van der Waals surface area contributed by atoms with Crippen molar-refractivity contribution in [2.75, 3.05) is 11.9 Å². The minimum Gasteiger partial charge on any atom is -0.381 e. The summed E-state index contributed by atoms with van der Waals surface area (Å²) in [6.45, 7) is 7.13. The van der Waals surface area contributed by atoms with E-state index in [1.807, 2.05) is 24.3 Å². The van der Waals surface area contributed by atoms with Crippen molar-refractivity contribution >= 4 is 21.6 Å². The topological polar surface area (TPSA) is 46.2 Å². The molecule has 1 N–H and O–H groups in total. The SMILES string of the molecule is CC(C)(C)CCNc1c(-c2ccc(Br)cc2)c(=O)c1=O. The fourth-order valence-corrected chi connectivity index (χ4v) is 2.28. The summed E-state index contributed by atoms with van der Waals surface area (Å²) in [6, 6.07) is 7.42. The maximum absolute atomic E-state index is 11.8. The number of hydrogen-bond acceptors (Lipinski definition) is 3. The summed E-state index contributed by atoms with van der Waals surface area (Å²) in [5, 5.41) is 3.12. The molecule has 0 radical (unpaired) electrons. The molecule has 4 heteroatoms. The lowest BCUT2D eigenvalue weighted by Crippen LogP contribution is -2.36. The van der Waals surface area contributed by atoms with Crippen LogP contribution in [0, 0.1) is 5.41 Å². The molecule has 0 amide bonds. The Balaban J connectivity index is 2.20. The maximum Gasteiger partial charge on any atom is 0.250 e. The van der Waals surface area contributed by atoms with Crippen LogP contribution in [0.4, 0.5) is 5.69 Å². The van der Waals surface area contributed by atoms with Gasteiger partial charge >= 0.3 is 0 Å². The van der Waals surface area contributed by atoms with Gasteiger partial charge in [0.2, 0.25) is 10.9 Å². The van der Waals surface area contributed by atoms with Gasteiger partial charge in [0.05, 0.1) is 11.3 Å². The molecule has 0 unspecified atom stereocenters. The first kappa shape index (κ1) is 15.0. The molecule has 2 aromatic carbocycles. The van der Waals surface area contributed by atoms with Gasteiger partial charge in [0.1, 0.15) is 0 Å². The highest BCUT2D eigenvalue weighted by molar-refractivity contribution is 9.10. The quantitative estimate of drug-likeness (QED) is 0.869. The van der Waals surface area contributed by atoms with Gasteiger partial charge in [-0.15, -0.1) is 0 Å². The molecule has 0 saturated heterocycles. The van der Waals surface area contributed by atoms with Crippen LogP contribution < -0.4 is 16.2 Å². The van der Waals surface area contributed by atoms with Gasteiger partial charge in [-0.1, -0.05) is 48.8 Å². The zero-order valence-corrected chi connectivity index (χ0v) is 13.5. The van der Waals surface area contributed by atoms with Crippen molar-refractivity contribution in [3.05, 3.63) is 49.2 Å². The Morgan fingerprint density at radius 2 is 1.65 bits per heavy atom. The zero-order valence-electron chi connectivity index (χ0n) is 11.9. The summed E-state index contributed by atoms with van der Waals surface area (Å²) >= 11 is 3.36. The van der Waals surface area contributed by atoms with Crippen LogP contribution in [-0.4, -0.2) is 6.54 Å². The van der Waals surface area contributed by atoms with Gasteiger partial charge in [-0.3, -0.25) is 9.59 Å². The van der Waals surface area contributed by atoms with Crippen molar-refractivity contribution in [2.45, 2.75) is 27.2 Å². The molecule has 0 spiro atoms. The number of anilines is 1. The Morgan fingerprint density at radius 3 is 2.20 bits per heavy atom. The normalized spacial score (nSPS) is 11.8. The monoisotopic (exact) mass is 335 g/mol. The minimum absolute atomic E-state index is 0.197. The van der Waals surface area contributed by atoms with E-state index in [0.717, 1.165) is 16.5 Å². The van der Waals surface area contributed by atoms with Crippen molar-refractivity contribution in [1.29, 1.82) is 0 Å². The van der Waals surface area contributed by atoms with Crippen molar-refractivity contribution in [3.63, 3.8) is 0 Å². The van der Waals surface area contributed by atoms with E-state index in [-0.39, 0.29) is 5.41 Å². The Bertz CT molecular complexity index is 674. The average molecular weight is 336 g/mol. The Labute approximate surface area is 126 Å². The number of nitrogens with one attached hydrogen (secondary N) is 1. The maximum atomic E-state index is 11.8. The van der Waals surface area contributed by atoms with E-state index < -0.39 is 10.9 Å². The summed E-state index contributed by atoms with van der Waals surface area (Å²) < 4.78 is 0.946. The second kappa shape index (κ2) is 5.52. The van der Waals surface area contributed by atoms with Gasteiger partial charge in [0.25, 0.3) is 0 Å². The molecule has 0 heterocycles. The number of rotatable bonds is 4. The van der Waals surface area contributed by atoms with E-state index in [0.29, 0.717) is 17.8 Å². The number of hydrogen-bond donors (Lipinski definition) is 1. The number of halogens is 1. The van der Waals surface area contributed by atoms with Crippen LogP contribution in [0.15, 0.2) is 38.3 Å². The second-order valence-electron chi connectivity index (χ2n) is 6.15. The van der Waals surface area contributed by atoms with E-state index >= 15 is 0 Å². The molecule has 106 valence electrons. The first-order valence-electron chi connectivity index (χ1n) is 6.63. The standard InChI is InChI=1S/C16H18BrNO2/c1-16(2,3)8-9-18-13-12(14(19)15(13)20)10-4-6-11(17)7-5-10/h4-7,18H,8-9H2,1-3H3. The van der Waals surface area contributed by atoms with Gasteiger partial charge < -0.3 is 5.32 Å². The van der Waals surface area contributed by atoms with Crippen LogP contribution in [0.3, 0.4) is 0 Å². The Kier molecular flexibility index (Phi) is 4.14. The highest BCUT2D eigenvalue weighted by Gasteiger charge is 2.22. The fraction of sp³-hybridized carbons (Fsp3) is 0.375. The number of benzene rings is 1. The molecule has 0 aliphatic carbocycles. The lowest BCUT2D eigenvalue weighted by Gasteiger charge is -2.20. The molecule has 2 rings (SSSR count). The Hall–Kier alpha value is -1.42. The molecule has 0 bridgehead atoms. The molecular formula is C16H18BrNO2. The predicted octanol–water partition coefficient (Wildman–Crippen LogP) is 3.56. The lowest BCUT2D eigenvalue weighted by atomic mass is 9.92. The van der Waals surface area contributed by atoms with Crippen LogP contribution >= 0.6 is 15.9 Å². The predicted molar refractivity (Wildman–Crippen MR) is 87.1 cm³/mol. The van der Waals surface area contributed by atoms with Crippen molar-refractivity contribution in [2.24, 2.45) is 5.41 Å². The third-order valence-electron chi connectivity index (χ3n) is 3.22. The fourth-order valence-electron chi connectivity index (χ4n) is 2.01. The van der Waals surface area contributed by atoms with Gasteiger partial charge in [-0.25, -0.2) is 0 Å². The van der Waals surface area contributed by atoms with Gasteiger partial charge in [-0.05, 0) is 29.5 Å². The Morgan fingerprint density at radius 1 is 1.05 bits per heavy atom. The molecule has 0 aliphatic heterocycles. The van der Waals surface area contributed by atoms with Crippen LogP contribution in [0.5, 0.6) is 0 Å². The highest BCUT2D eigenvalue weighted by atomic mass is 79.9. The van der Waals surface area contributed by atoms with E-state index in [2.05, 4.69) is 42.0 Å². The molecule has 2 aromatic rings. The van der Waals surface area contributed by atoms with E-state index in [1.54, 1.807) is 0 Å². The first-order chi connectivity index (χ1) is 9.29. The van der Waals surface area contributed by atoms with E-state index in [1.165, 1.54) is 0 Å². The summed E-state index contributed by atoms with van der Waals surface area (Å²) in [7, 11) is 0. The van der Waals surface area contributed by atoms with E-state index in [9.17, 15) is 9.59 Å². The van der Waals surface area contributed by atoms with Crippen molar-refractivity contribution in [1.82, 2.24) is 0 Å². The third kappa shape index (κ3) is 3.18. The molecule has 3 nitrogen and oxygen atoms in total. The lowest BCUT2D eigenvalue weighted by molar-refractivity contribution is 0.389. The molecule has 0 atom stereocenters. The van der Waals surface area contributed by atoms with Gasteiger partial charge in [-0.2, -0.15) is 0 Å². The molecule has 0 aliphatic rings. The van der Waals surface area contributed by atoms with Crippen LogP contribution in [-0.2, 0) is 0 Å². The van der Waals surface area contributed by atoms with Gasteiger partial charge in [0, 0.05) is 11.0 Å². The summed E-state index contributed by atoms with van der Waals surface area (Å²) in [5.74, 6) is 0. The smallest absolute Gasteiger partial charge is 0.250 e. The summed E-state index contributed by atoms with van der Waals surface area (Å²) in [6.07, 6.45) is 0.936. The summed E-state index contributed by atoms with van der Waals surface area (Å²) in [5.41, 5.74) is 1.15. The van der Waals surface area contributed by atoms with Crippen LogP contribution in [0.2, 0.25) is 0 Å². The van der Waals surface area contributed by atoms with E-state index in [4.69, 9.17) is 0 Å². The van der Waals surface area contributed by atoms with Crippen LogP contribution in [0.1, 0.15) is 27.2 Å². The third-order valence-corrected chi connectivity index (χ3v) is 3.75. The van der Waals surface area contributed by atoms with Crippen molar-refractivity contribution < 1.29 is 0 Å².